The fourth-order valence-corrected chi connectivity index (χ4v) is 4.67. The second-order valence-corrected chi connectivity index (χ2v) is 7.15. The largest absolute Gasteiger partial charge is 0.397 e. The van der Waals surface area contributed by atoms with Gasteiger partial charge in [-0.3, -0.25) is 4.79 Å². The summed E-state index contributed by atoms with van der Waals surface area (Å²) in [5.74, 6) is -0.102. The molecule has 1 aromatic carbocycles. The van der Waals surface area contributed by atoms with E-state index >= 15 is 0 Å². The Kier molecular flexibility index (Phi) is 4.19. The van der Waals surface area contributed by atoms with Crippen LogP contribution in [-0.2, 0) is 4.74 Å². The van der Waals surface area contributed by atoms with Gasteiger partial charge in [-0.1, -0.05) is 22.0 Å². The number of amides is 1. The van der Waals surface area contributed by atoms with E-state index in [1.807, 2.05) is 18.2 Å². The summed E-state index contributed by atoms with van der Waals surface area (Å²) < 4.78 is 7.35. The Morgan fingerprint density at radius 3 is 3.00 bits per heavy atom. The highest BCUT2D eigenvalue weighted by Gasteiger charge is 2.29. The van der Waals surface area contributed by atoms with Crippen LogP contribution in [0, 0.1) is 0 Å². The molecule has 0 radical (unpaired) electrons. The predicted octanol–water partition coefficient (Wildman–Crippen LogP) is 3.54. The van der Waals surface area contributed by atoms with Crippen molar-refractivity contribution in [3.05, 3.63) is 27.5 Å². The van der Waals surface area contributed by atoms with E-state index in [9.17, 15) is 4.79 Å². The SMILES string of the molecule is COC1CCCC1NC(=O)c1sc2cccc(Br)c2c1N. The standard InChI is InChI=1S/C15H17BrN2O2S/c1-20-10-6-3-5-9(10)18-15(19)14-13(17)12-8(16)4-2-7-11(12)21-14/h2,4,7,9-10H,3,5-6,17H2,1H3,(H,18,19). The summed E-state index contributed by atoms with van der Waals surface area (Å²) in [7, 11) is 1.69. The van der Waals surface area contributed by atoms with Crippen molar-refractivity contribution in [1.29, 1.82) is 0 Å². The minimum absolute atomic E-state index is 0.0792. The van der Waals surface area contributed by atoms with Crippen LogP contribution < -0.4 is 11.1 Å². The van der Waals surface area contributed by atoms with Gasteiger partial charge in [-0.2, -0.15) is 0 Å². The third-order valence-corrected chi connectivity index (χ3v) is 5.81. The second kappa shape index (κ2) is 5.94. The Bertz CT molecular complexity index is 686. The van der Waals surface area contributed by atoms with Crippen LogP contribution in [0.25, 0.3) is 10.1 Å². The molecule has 3 rings (SSSR count). The molecule has 0 saturated heterocycles. The molecule has 1 amide bonds. The number of methoxy groups -OCH3 is 1. The highest BCUT2D eigenvalue weighted by Crippen LogP contribution is 2.38. The maximum absolute atomic E-state index is 12.5. The number of benzene rings is 1. The molecule has 1 aliphatic rings. The minimum atomic E-state index is -0.102. The third-order valence-electron chi connectivity index (χ3n) is 3.98. The number of fused-ring (bicyclic) bond motifs is 1. The average Bonchev–Trinajstić information content (AvgIpc) is 3.04. The van der Waals surface area contributed by atoms with E-state index < -0.39 is 0 Å². The summed E-state index contributed by atoms with van der Waals surface area (Å²) in [6.45, 7) is 0. The molecule has 2 aromatic rings. The van der Waals surface area contributed by atoms with Crippen LogP contribution >= 0.6 is 27.3 Å². The fraction of sp³-hybridized carbons (Fsp3) is 0.400. The molecule has 1 saturated carbocycles. The molecule has 0 bridgehead atoms. The molecule has 6 heteroatoms. The number of rotatable bonds is 3. The monoisotopic (exact) mass is 368 g/mol. The molecule has 0 aliphatic heterocycles. The van der Waals surface area contributed by atoms with Gasteiger partial charge >= 0.3 is 0 Å². The van der Waals surface area contributed by atoms with Gasteiger partial charge in [-0.05, 0) is 31.4 Å². The van der Waals surface area contributed by atoms with Crippen LogP contribution in [-0.4, -0.2) is 25.2 Å². The third kappa shape index (κ3) is 2.67. The molecule has 2 atom stereocenters. The van der Waals surface area contributed by atoms with Crippen molar-refractivity contribution in [2.24, 2.45) is 0 Å². The second-order valence-electron chi connectivity index (χ2n) is 5.24. The average molecular weight is 369 g/mol. The zero-order valence-electron chi connectivity index (χ0n) is 11.7. The van der Waals surface area contributed by atoms with Crippen molar-refractivity contribution in [2.45, 2.75) is 31.4 Å². The smallest absolute Gasteiger partial charge is 0.263 e. The lowest BCUT2D eigenvalue weighted by molar-refractivity contribution is 0.0725. The lowest BCUT2D eigenvalue weighted by atomic mass is 10.2. The maximum atomic E-state index is 12.5. The highest BCUT2D eigenvalue weighted by molar-refractivity contribution is 9.10. The first-order valence-corrected chi connectivity index (χ1v) is 8.53. The molecule has 2 unspecified atom stereocenters. The number of carbonyl (C=O) groups is 1. The van der Waals surface area contributed by atoms with E-state index in [-0.39, 0.29) is 18.1 Å². The van der Waals surface area contributed by atoms with Crippen LogP contribution in [0.3, 0.4) is 0 Å². The number of ether oxygens (including phenoxy) is 1. The number of halogens is 1. The number of carbonyl (C=O) groups excluding carboxylic acids is 1. The first kappa shape index (κ1) is 14.8. The first-order valence-electron chi connectivity index (χ1n) is 6.92. The van der Waals surface area contributed by atoms with Crippen molar-refractivity contribution < 1.29 is 9.53 Å². The Balaban J connectivity index is 1.88. The topological polar surface area (TPSA) is 64.3 Å². The molecular formula is C15H17BrN2O2S. The number of anilines is 1. The molecule has 1 aliphatic carbocycles. The number of nitrogen functional groups attached to an aromatic ring is 1. The summed E-state index contributed by atoms with van der Waals surface area (Å²) in [5.41, 5.74) is 6.72. The Hall–Kier alpha value is -1.11. The molecule has 3 N–H and O–H groups in total. The molecule has 112 valence electrons. The molecular weight excluding hydrogens is 352 g/mol. The number of nitrogens with one attached hydrogen (secondary N) is 1. The van der Waals surface area contributed by atoms with E-state index in [0.717, 1.165) is 33.8 Å². The van der Waals surface area contributed by atoms with E-state index in [1.165, 1.54) is 11.3 Å². The molecule has 4 nitrogen and oxygen atoms in total. The number of thiophene rings is 1. The normalized spacial score (nSPS) is 21.8. The van der Waals surface area contributed by atoms with E-state index in [1.54, 1.807) is 7.11 Å². The number of hydrogen-bond donors (Lipinski definition) is 2. The summed E-state index contributed by atoms with van der Waals surface area (Å²) in [6, 6.07) is 5.94. The number of nitrogens with two attached hydrogens (primary N) is 1. The van der Waals surface area contributed by atoms with Gasteiger partial charge in [0.25, 0.3) is 5.91 Å². The maximum Gasteiger partial charge on any atom is 0.263 e. The van der Waals surface area contributed by atoms with Gasteiger partial charge < -0.3 is 15.8 Å². The van der Waals surface area contributed by atoms with Crippen LogP contribution in [0.2, 0.25) is 0 Å². The minimum Gasteiger partial charge on any atom is -0.397 e. The summed E-state index contributed by atoms with van der Waals surface area (Å²) in [6.07, 6.45) is 3.14. The zero-order valence-corrected chi connectivity index (χ0v) is 14.1. The summed E-state index contributed by atoms with van der Waals surface area (Å²) in [4.78, 5) is 13.1. The van der Waals surface area contributed by atoms with Crippen LogP contribution in [0.5, 0.6) is 0 Å². The molecule has 1 fully saturated rings. The molecule has 1 aromatic heterocycles. The van der Waals surface area contributed by atoms with E-state index in [2.05, 4.69) is 21.2 Å². The van der Waals surface area contributed by atoms with Crippen LogP contribution in [0.4, 0.5) is 5.69 Å². The van der Waals surface area contributed by atoms with Crippen molar-refractivity contribution >= 4 is 48.9 Å². The Morgan fingerprint density at radius 2 is 2.29 bits per heavy atom. The quantitative estimate of drug-likeness (QED) is 0.870. The van der Waals surface area contributed by atoms with Crippen molar-refractivity contribution in [3.63, 3.8) is 0 Å². The van der Waals surface area contributed by atoms with Crippen LogP contribution in [0.1, 0.15) is 28.9 Å². The molecule has 1 heterocycles. The lowest BCUT2D eigenvalue weighted by Gasteiger charge is -2.19. The highest BCUT2D eigenvalue weighted by atomic mass is 79.9. The van der Waals surface area contributed by atoms with Gasteiger partial charge in [0, 0.05) is 21.7 Å². The Morgan fingerprint density at radius 1 is 1.48 bits per heavy atom. The molecule has 21 heavy (non-hydrogen) atoms. The van der Waals surface area contributed by atoms with Gasteiger partial charge in [-0.25, -0.2) is 0 Å². The van der Waals surface area contributed by atoms with Gasteiger partial charge in [-0.15, -0.1) is 11.3 Å². The van der Waals surface area contributed by atoms with Crippen molar-refractivity contribution in [2.75, 3.05) is 12.8 Å². The van der Waals surface area contributed by atoms with Crippen molar-refractivity contribution in [1.82, 2.24) is 5.32 Å². The van der Waals surface area contributed by atoms with Crippen LogP contribution in [0.15, 0.2) is 22.7 Å². The van der Waals surface area contributed by atoms with Gasteiger partial charge in [0.05, 0.1) is 17.8 Å². The summed E-state index contributed by atoms with van der Waals surface area (Å²) in [5, 5.41) is 3.99. The fourth-order valence-electron chi connectivity index (χ4n) is 2.91. The lowest BCUT2D eigenvalue weighted by Crippen LogP contribution is -2.40. The van der Waals surface area contributed by atoms with Gasteiger partial charge in [0.2, 0.25) is 0 Å². The van der Waals surface area contributed by atoms with E-state index in [4.69, 9.17) is 10.5 Å². The Labute approximate surface area is 135 Å². The predicted molar refractivity (Wildman–Crippen MR) is 89.8 cm³/mol. The van der Waals surface area contributed by atoms with Gasteiger partial charge in [0.1, 0.15) is 4.88 Å². The first-order chi connectivity index (χ1) is 10.1. The van der Waals surface area contributed by atoms with E-state index in [0.29, 0.717) is 10.6 Å². The zero-order chi connectivity index (χ0) is 15.0. The molecule has 0 spiro atoms. The summed E-state index contributed by atoms with van der Waals surface area (Å²) >= 11 is 4.92. The van der Waals surface area contributed by atoms with Crippen molar-refractivity contribution in [3.8, 4) is 0 Å². The number of hydrogen-bond acceptors (Lipinski definition) is 4. The van der Waals surface area contributed by atoms with Gasteiger partial charge in [0.15, 0.2) is 0 Å².